The minimum atomic E-state index is 0.421. The summed E-state index contributed by atoms with van der Waals surface area (Å²) in [6.45, 7) is 5.82. The van der Waals surface area contributed by atoms with Crippen molar-refractivity contribution >= 4 is 0 Å². The quantitative estimate of drug-likeness (QED) is 0.775. The van der Waals surface area contributed by atoms with Crippen LogP contribution in [0.25, 0.3) is 0 Å². The van der Waals surface area contributed by atoms with Gasteiger partial charge in [0.25, 0.3) is 0 Å². The van der Waals surface area contributed by atoms with E-state index >= 15 is 0 Å². The molecule has 0 aliphatic rings. The molecule has 0 saturated heterocycles. The second-order valence-corrected chi connectivity index (χ2v) is 3.69. The van der Waals surface area contributed by atoms with Crippen LogP contribution >= 0.6 is 0 Å². The minimum absolute atomic E-state index is 0.421. The Hall–Kier alpha value is -1.27. The average Bonchev–Trinajstić information content (AvgIpc) is 2.68. The Morgan fingerprint density at radius 2 is 2.33 bits per heavy atom. The monoisotopic (exact) mass is 205 g/mol. The molecule has 1 N–H and O–H groups in total. The summed E-state index contributed by atoms with van der Waals surface area (Å²) in [6.07, 6.45) is 6.25. The van der Waals surface area contributed by atoms with Crippen LogP contribution in [0.15, 0.2) is 18.5 Å². The van der Waals surface area contributed by atoms with Crippen LogP contribution in [0, 0.1) is 11.3 Å². The third-order valence-corrected chi connectivity index (χ3v) is 2.48. The molecule has 1 unspecified atom stereocenters. The van der Waals surface area contributed by atoms with E-state index in [-0.39, 0.29) is 0 Å². The minimum Gasteiger partial charge on any atom is -0.340 e. The van der Waals surface area contributed by atoms with Crippen LogP contribution in [-0.4, -0.2) is 11.1 Å². The number of hydrogen-bond donors (Lipinski definition) is 1. The molecule has 0 aromatic carbocycles. The van der Waals surface area contributed by atoms with Gasteiger partial charge in [-0.1, -0.05) is 13.8 Å². The van der Waals surface area contributed by atoms with E-state index < -0.39 is 0 Å². The summed E-state index contributed by atoms with van der Waals surface area (Å²) in [5.41, 5.74) is 1.28. The van der Waals surface area contributed by atoms with Crippen molar-refractivity contribution in [1.29, 1.82) is 5.26 Å². The van der Waals surface area contributed by atoms with Gasteiger partial charge in [-0.15, -0.1) is 0 Å². The summed E-state index contributed by atoms with van der Waals surface area (Å²) >= 11 is 0. The van der Waals surface area contributed by atoms with Gasteiger partial charge in [-0.05, 0) is 31.0 Å². The van der Waals surface area contributed by atoms with E-state index in [1.165, 1.54) is 5.56 Å². The van der Waals surface area contributed by atoms with Crippen molar-refractivity contribution < 1.29 is 0 Å². The van der Waals surface area contributed by atoms with Crippen LogP contribution in [0.4, 0.5) is 0 Å². The number of nitriles is 1. The molecule has 3 nitrogen and oxygen atoms in total. The van der Waals surface area contributed by atoms with E-state index in [2.05, 4.69) is 37.5 Å². The van der Waals surface area contributed by atoms with Crippen LogP contribution in [0.5, 0.6) is 0 Å². The zero-order valence-corrected chi connectivity index (χ0v) is 9.53. The molecule has 0 fully saturated rings. The van der Waals surface area contributed by atoms with Crippen molar-refractivity contribution in [1.82, 2.24) is 9.88 Å². The third kappa shape index (κ3) is 3.41. The number of rotatable bonds is 6. The maximum Gasteiger partial charge on any atom is 0.109 e. The van der Waals surface area contributed by atoms with Crippen molar-refractivity contribution in [2.75, 3.05) is 6.54 Å². The van der Waals surface area contributed by atoms with Crippen molar-refractivity contribution in [3.8, 4) is 6.07 Å². The first-order chi connectivity index (χ1) is 7.31. The second kappa shape index (κ2) is 6.26. The molecule has 0 spiro atoms. The molecule has 3 heteroatoms. The molecule has 0 radical (unpaired) electrons. The van der Waals surface area contributed by atoms with E-state index in [1.807, 2.05) is 10.8 Å². The summed E-state index contributed by atoms with van der Waals surface area (Å²) in [5, 5.41) is 12.1. The van der Waals surface area contributed by atoms with Crippen molar-refractivity contribution in [2.45, 2.75) is 39.3 Å². The van der Waals surface area contributed by atoms with Gasteiger partial charge in [0, 0.05) is 18.4 Å². The molecular weight excluding hydrogens is 186 g/mol. The van der Waals surface area contributed by atoms with Gasteiger partial charge in [-0.3, -0.25) is 0 Å². The van der Waals surface area contributed by atoms with E-state index in [1.54, 1.807) is 0 Å². The topological polar surface area (TPSA) is 40.8 Å². The van der Waals surface area contributed by atoms with Gasteiger partial charge in [0.05, 0.1) is 6.07 Å². The largest absolute Gasteiger partial charge is 0.340 e. The summed E-state index contributed by atoms with van der Waals surface area (Å²) in [5.74, 6) is 0. The van der Waals surface area contributed by atoms with Crippen molar-refractivity contribution in [3.05, 3.63) is 24.0 Å². The zero-order chi connectivity index (χ0) is 11.1. The number of nitrogens with zero attached hydrogens (tertiary/aromatic N) is 2. The number of nitrogens with one attached hydrogen (secondary N) is 1. The molecule has 1 rings (SSSR count). The van der Waals surface area contributed by atoms with E-state index in [0.29, 0.717) is 12.6 Å². The highest BCUT2D eigenvalue weighted by molar-refractivity contribution is 5.15. The SMILES string of the molecule is CCCNC(CC)c1ccn(CC#N)c1. The molecule has 1 heterocycles. The van der Waals surface area contributed by atoms with E-state index in [0.717, 1.165) is 19.4 Å². The predicted octanol–water partition coefficient (Wildman–Crippen LogP) is 2.46. The highest BCUT2D eigenvalue weighted by atomic mass is 15.0. The molecule has 15 heavy (non-hydrogen) atoms. The standard InChI is InChI=1S/C12H19N3/c1-3-7-14-12(4-2)11-5-8-15(10-11)9-6-13/h5,8,10,12,14H,3-4,7,9H2,1-2H3. The molecule has 0 aliphatic heterocycles. The lowest BCUT2D eigenvalue weighted by atomic mass is 10.1. The van der Waals surface area contributed by atoms with Crippen LogP contribution in [0.1, 0.15) is 38.3 Å². The fourth-order valence-corrected chi connectivity index (χ4v) is 1.66. The molecule has 1 aromatic rings. The molecule has 0 bridgehead atoms. The Labute approximate surface area is 91.7 Å². The first kappa shape index (κ1) is 11.8. The number of hydrogen-bond acceptors (Lipinski definition) is 2. The van der Waals surface area contributed by atoms with Gasteiger partial charge in [0.2, 0.25) is 0 Å². The Morgan fingerprint density at radius 3 is 2.93 bits per heavy atom. The second-order valence-electron chi connectivity index (χ2n) is 3.69. The maximum atomic E-state index is 8.58. The van der Waals surface area contributed by atoms with Gasteiger partial charge in [0.1, 0.15) is 6.54 Å². The fourth-order valence-electron chi connectivity index (χ4n) is 1.66. The zero-order valence-electron chi connectivity index (χ0n) is 9.53. The first-order valence-corrected chi connectivity index (χ1v) is 5.57. The van der Waals surface area contributed by atoms with Gasteiger partial charge in [-0.2, -0.15) is 5.26 Å². The highest BCUT2D eigenvalue weighted by Gasteiger charge is 2.08. The Kier molecular flexibility index (Phi) is 4.92. The normalized spacial score (nSPS) is 12.3. The molecule has 82 valence electrons. The predicted molar refractivity (Wildman–Crippen MR) is 61.4 cm³/mol. The molecule has 0 saturated carbocycles. The number of aromatic nitrogens is 1. The molecule has 1 aromatic heterocycles. The molecular formula is C12H19N3. The van der Waals surface area contributed by atoms with Crippen molar-refractivity contribution in [3.63, 3.8) is 0 Å². The maximum absolute atomic E-state index is 8.58. The summed E-state index contributed by atoms with van der Waals surface area (Å²) < 4.78 is 1.92. The Balaban J connectivity index is 2.62. The lowest BCUT2D eigenvalue weighted by molar-refractivity contribution is 0.518. The van der Waals surface area contributed by atoms with Crippen LogP contribution in [0.3, 0.4) is 0 Å². The molecule has 0 aliphatic carbocycles. The van der Waals surface area contributed by atoms with Gasteiger partial charge in [0.15, 0.2) is 0 Å². The average molecular weight is 205 g/mol. The fraction of sp³-hybridized carbons (Fsp3) is 0.583. The Bertz CT molecular complexity index is 322. The van der Waals surface area contributed by atoms with Gasteiger partial charge in [-0.25, -0.2) is 0 Å². The molecule has 0 amide bonds. The first-order valence-electron chi connectivity index (χ1n) is 5.57. The van der Waals surface area contributed by atoms with Crippen LogP contribution in [0.2, 0.25) is 0 Å². The van der Waals surface area contributed by atoms with Gasteiger partial charge >= 0.3 is 0 Å². The lowest BCUT2D eigenvalue weighted by Crippen LogP contribution is -2.21. The lowest BCUT2D eigenvalue weighted by Gasteiger charge is -2.14. The highest BCUT2D eigenvalue weighted by Crippen LogP contribution is 2.16. The third-order valence-electron chi connectivity index (χ3n) is 2.48. The van der Waals surface area contributed by atoms with Crippen LogP contribution in [-0.2, 0) is 6.54 Å². The summed E-state index contributed by atoms with van der Waals surface area (Å²) in [6, 6.07) is 4.65. The van der Waals surface area contributed by atoms with E-state index in [9.17, 15) is 0 Å². The van der Waals surface area contributed by atoms with Gasteiger partial charge < -0.3 is 9.88 Å². The molecule has 1 atom stereocenters. The van der Waals surface area contributed by atoms with Crippen molar-refractivity contribution in [2.24, 2.45) is 0 Å². The summed E-state index contributed by atoms with van der Waals surface area (Å²) in [7, 11) is 0. The smallest absolute Gasteiger partial charge is 0.109 e. The van der Waals surface area contributed by atoms with E-state index in [4.69, 9.17) is 5.26 Å². The summed E-state index contributed by atoms with van der Waals surface area (Å²) in [4.78, 5) is 0. The van der Waals surface area contributed by atoms with Crippen LogP contribution < -0.4 is 5.32 Å². The Morgan fingerprint density at radius 1 is 1.53 bits per heavy atom.